The first-order valence-electron chi connectivity index (χ1n) is 6.67. The molecule has 2 aromatic carbocycles. The molecule has 0 aromatic heterocycles. The van der Waals surface area contributed by atoms with Gasteiger partial charge in [0.1, 0.15) is 0 Å². The zero-order chi connectivity index (χ0) is 15.6. The molecule has 2 aromatic rings. The van der Waals surface area contributed by atoms with Crippen LogP contribution in [-0.2, 0) is 4.84 Å². The zero-order valence-corrected chi connectivity index (χ0v) is 14.2. The minimum atomic E-state index is -0.181. The molecule has 0 radical (unpaired) electrons. The predicted molar refractivity (Wildman–Crippen MR) is 88.6 cm³/mol. The van der Waals surface area contributed by atoms with E-state index in [1.807, 2.05) is 45.0 Å². The van der Waals surface area contributed by atoms with Crippen molar-refractivity contribution in [1.82, 2.24) is 0 Å². The van der Waals surface area contributed by atoms with Gasteiger partial charge < -0.3 is 0 Å². The first kappa shape index (κ1) is 15.7. The van der Waals surface area contributed by atoms with Crippen molar-refractivity contribution in [3.05, 3.63) is 63.1 Å². The quantitative estimate of drug-likeness (QED) is 0.760. The van der Waals surface area contributed by atoms with Crippen LogP contribution >= 0.6 is 15.9 Å². The maximum atomic E-state index is 12.7. The summed E-state index contributed by atoms with van der Waals surface area (Å²) >= 11 is 3.57. The summed E-state index contributed by atoms with van der Waals surface area (Å²) in [4.78, 5) is 18.0. The Labute approximate surface area is 133 Å². The molecule has 1 amide bonds. The summed E-state index contributed by atoms with van der Waals surface area (Å²) in [6, 6.07) is 11.2. The molecule has 0 aliphatic carbocycles. The number of aryl methyl sites for hydroxylation is 2. The highest BCUT2D eigenvalue weighted by atomic mass is 79.9. The lowest BCUT2D eigenvalue weighted by molar-refractivity contribution is 0.0772. The Morgan fingerprint density at radius 1 is 1.10 bits per heavy atom. The van der Waals surface area contributed by atoms with Gasteiger partial charge in [-0.15, -0.1) is 0 Å². The van der Waals surface area contributed by atoms with Crippen LogP contribution in [0.4, 0.5) is 5.69 Å². The van der Waals surface area contributed by atoms with E-state index in [2.05, 4.69) is 15.9 Å². The van der Waals surface area contributed by atoms with Crippen molar-refractivity contribution in [2.45, 2.75) is 20.8 Å². The summed E-state index contributed by atoms with van der Waals surface area (Å²) in [5.41, 5.74) is 4.49. The molecule has 0 spiro atoms. The molecule has 110 valence electrons. The number of rotatable bonds is 3. The normalized spacial score (nSPS) is 10.5. The predicted octanol–water partition coefficient (Wildman–Crippen LogP) is 4.58. The summed E-state index contributed by atoms with van der Waals surface area (Å²) in [5, 5.41) is 1.35. The van der Waals surface area contributed by atoms with Crippen LogP contribution in [0.3, 0.4) is 0 Å². The van der Waals surface area contributed by atoms with Crippen LogP contribution in [0.2, 0.25) is 0 Å². The maximum Gasteiger partial charge on any atom is 0.282 e. The Kier molecular flexibility index (Phi) is 4.80. The van der Waals surface area contributed by atoms with Crippen molar-refractivity contribution < 1.29 is 9.63 Å². The Bertz CT molecular complexity index is 668. The standard InChI is InChI=1S/C17H18BrNO2/c1-11-10-12(2)16(13(3)15(11)18)19(21-4)17(20)14-8-6-5-7-9-14/h5-10H,1-4H3. The van der Waals surface area contributed by atoms with E-state index in [9.17, 15) is 4.79 Å². The molecule has 0 heterocycles. The van der Waals surface area contributed by atoms with Gasteiger partial charge in [0, 0.05) is 10.0 Å². The number of hydrogen-bond donors (Lipinski definition) is 0. The van der Waals surface area contributed by atoms with Crippen molar-refractivity contribution in [2.24, 2.45) is 0 Å². The Balaban J connectivity index is 2.53. The average Bonchev–Trinajstić information content (AvgIpc) is 2.49. The smallest absolute Gasteiger partial charge is 0.269 e. The first-order chi connectivity index (χ1) is 9.97. The second kappa shape index (κ2) is 6.41. The van der Waals surface area contributed by atoms with Gasteiger partial charge in [-0.25, -0.2) is 0 Å². The van der Waals surface area contributed by atoms with E-state index in [1.165, 1.54) is 12.2 Å². The fourth-order valence-electron chi connectivity index (χ4n) is 2.44. The average molecular weight is 348 g/mol. The number of amides is 1. The number of nitrogens with zero attached hydrogens (tertiary/aromatic N) is 1. The lowest BCUT2D eigenvalue weighted by Gasteiger charge is -2.25. The molecule has 0 bridgehead atoms. The molecule has 0 aliphatic heterocycles. The first-order valence-corrected chi connectivity index (χ1v) is 7.46. The van der Waals surface area contributed by atoms with Crippen molar-refractivity contribution in [3.8, 4) is 0 Å². The fraction of sp³-hybridized carbons (Fsp3) is 0.235. The van der Waals surface area contributed by atoms with E-state index < -0.39 is 0 Å². The van der Waals surface area contributed by atoms with E-state index in [-0.39, 0.29) is 5.91 Å². The van der Waals surface area contributed by atoms with Gasteiger partial charge in [0.2, 0.25) is 0 Å². The second-order valence-corrected chi connectivity index (χ2v) is 5.74. The molecule has 0 aliphatic rings. The van der Waals surface area contributed by atoms with Crippen LogP contribution in [0.15, 0.2) is 40.9 Å². The van der Waals surface area contributed by atoms with Gasteiger partial charge in [0.25, 0.3) is 5.91 Å². The minimum absolute atomic E-state index is 0.181. The third-order valence-corrected chi connectivity index (χ3v) is 4.65. The van der Waals surface area contributed by atoms with E-state index in [0.717, 1.165) is 26.9 Å². The number of halogens is 1. The SMILES string of the molecule is CON(C(=O)c1ccccc1)c1c(C)cc(C)c(Br)c1C. The van der Waals surface area contributed by atoms with Crippen LogP contribution in [-0.4, -0.2) is 13.0 Å². The number of carbonyl (C=O) groups is 1. The van der Waals surface area contributed by atoms with Gasteiger partial charge in [0.05, 0.1) is 12.8 Å². The molecule has 4 heteroatoms. The molecule has 0 saturated carbocycles. The van der Waals surface area contributed by atoms with E-state index >= 15 is 0 Å². The number of anilines is 1. The Morgan fingerprint density at radius 3 is 2.29 bits per heavy atom. The molecule has 0 N–H and O–H groups in total. The largest absolute Gasteiger partial charge is 0.282 e. The van der Waals surface area contributed by atoms with Gasteiger partial charge in [-0.3, -0.25) is 9.63 Å². The Morgan fingerprint density at radius 2 is 1.71 bits per heavy atom. The number of carbonyl (C=O) groups excluding carboxylic acids is 1. The highest BCUT2D eigenvalue weighted by Gasteiger charge is 2.22. The maximum absolute atomic E-state index is 12.7. The van der Waals surface area contributed by atoms with Crippen molar-refractivity contribution in [1.29, 1.82) is 0 Å². The van der Waals surface area contributed by atoms with Crippen LogP contribution < -0.4 is 5.06 Å². The molecule has 3 nitrogen and oxygen atoms in total. The number of hydroxylamine groups is 1. The highest BCUT2D eigenvalue weighted by Crippen LogP contribution is 2.34. The number of hydrogen-bond acceptors (Lipinski definition) is 2. The highest BCUT2D eigenvalue weighted by molar-refractivity contribution is 9.10. The van der Waals surface area contributed by atoms with Gasteiger partial charge in [0.15, 0.2) is 0 Å². The molecule has 2 rings (SSSR count). The van der Waals surface area contributed by atoms with Crippen LogP contribution in [0, 0.1) is 20.8 Å². The monoisotopic (exact) mass is 347 g/mol. The summed E-state index contributed by atoms with van der Waals surface area (Å²) in [5.74, 6) is -0.181. The zero-order valence-electron chi connectivity index (χ0n) is 12.6. The van der Waals surface area contributed by atoms with E-state index in [4.69, 9.17) is 4.84 Å². The van der Waals surface area contributed by atoms with Gasteiger partial charge in [-0.2, -0.15) is 5.06 Å². The second-order valence-electron chi connectivity index (χ2n) is 4.95. The van der Waals surface area contributed by atoms with Crippen molar-refractivity contribution in [3.63, 3.8) is 0 Å². The molecule has 0 atom stereocenters. The lowest BCUT2D eigenvalue weighted by atomic mass is 10.0. The van der Waals surface area contributed by atoms with Crippen molar-refractivity contribution in [2.75, 3.05) is 12.2 Å². The molecule has 0 fully saturated rings. The summed E-state index contributed by atoms with van der Waals surface area (Å²) < 4.78 is 0.992. The molecule has 0 unspecified atom stereocenters. The van der Waals surface area contributed by atoms with Gasteiger partial charge in [-0.1, -0.05) is 40.2 Å². The number of benzene rings is 2. The van der Waals surface area contributed by atoms with Crippen LogP contribution in [0.25, 0.3) is 0 Å². The third kappa shape index (κ3) is 3.01. The lowest BCUT2D eigenvalue weighted by Crippen LogP contribution is -2.31. The molecular weight excluding hydrogens is 330 g/mol. The Hall–Kier alpha value is -1.65. The third-order valence-electron chi connectivity index (χ3n) is 3.43. The van der Waals surface area contributed by atoms with Crippen LogP contribution in [0.1, 0.15) is 27.0 Å². The molecular formula is C17H18BrNO2. The molecule has 0 saturated heterocycles. The summed E-state index contributed by atoms with van der Waals surface area (Å²) in [6.07, 6.45) is 0. The fourth-order valence-corrected chi connectivity index (χ4v) is 2.74. The minimum Gasteiger partial charge on any atom is -0.269 e. The summed E-state index contributed by atoms with van der Waals surface area (Å²) in [6.45, 7) is 5.99. The van der Waals surface area contributed by atoms with Gasteiger partial charge >= 0.3 is 0 Å². The van der Waals surface area contributed by atoms with Crippen molar-refractivity contribution >= 4 is 27.5 Å². The van der Waals surface area contributed by atoms with E-state index in [0.29, 0.717) is 5.56 Å². The van der Waals surface area contributed by atoms with Gasteiger partial charge in [-0.05, 0) is 49.6 Å². The molecule has 21 heavy (non-hydrogen) atoms. The topological polar surface area (TPSA) is 29.5 Å². The summed E-state index contributed by atoms with van der Waals surface area (Å²) in [7, 11) is 1.51. The van der Waals surface area contributed by atoms with E-state index in [1.54, 1.807) is 12.1 Å². The van der Waals surface area contributed by atoms with Crippen LogP contribution in [0.5, 0.6) is 0 Å².